The van der Waals surface area contributed by atoms with E-state index in [0.29, 0.717) is 6.54 Å². The van der Waals surface area contributed by atoms with E-state index in [2.05, 4.69) is 4.72 Å². The minimum atomic E-state index is -3.44. The molecule has 0 rings (SSSR count). The first-order valence-corrected chi connectivity index (χ1v) is 4.88. The summed E-state index contributed by atoms with van der Waals surface area (Å²) in [5.74, 6) is -0.182. The quantitative estimate of drug-likeness (QED) is 0.375. The van der Waals surface area contributed by atoms with Gasteiger partial charge in [0.05, 0.1) is 6.54 Å². The monoisotopic (exact) mass is 194 g/mol. The predicted molar refractivity (Wildman–Crippen MR) is 47.1 cm³/mol. The fraction of sp³-hybridized carbons (Fsp3) is 0.800. The van der Waals surface area contributed by atoms with Crippen molar-refractivity contribution in [1.82, 2.24) is 9.03 Å². The maximum absolute atomic E-state index is 11.1. The van der Waals surface area contributed by atoms with E-state index in [-0.39, 0.29) is 12.4 Å². The maximum atomic E-state index is 11.1. The van der Waals surface area contributed by atoms with Gasteiger partial charge in [-0.05, 0) is 0 Å². The van der Waals surface area contributed by atoms with Crippen molar-refractivity contribution in [1.29, 1.82) is 5.41 Å². The molecule has 72 valence electrons. The molecule has 0 radical (unpaired) electrons. The third-order valence-electron chi connectivity index (χ3n) is 1.13. The van der Waals surface area contributed by atoms with E-state index in [0.717, 1.165) is 4.31 Å². The van der Waals surface area contributed by atoms with Crippen LogP contribution in [0.2, 0.25) is 0 Å². The summed E-state index contributed by atoms with van der Waals surface area (Å²) in [7, 11) is -2.08. The molecule has 0 fully saturated rings. The van der Waals surface area contributed by atoms with Gasteiger partial charge in [0, 0.05) is 13.6 Å². The molecule has 0 atom stereocenters. The fourth-order valence-corrected chi connectivity index (χ4v) is 1.51. The number of amidine groups is 1. The van der Waals surface area contributed by atoms with Crippen molar-refractivity contribution in [3.8, 4) is 0 Å². The minimum absolute atomic E-state index is 0.0880. The van der Waals surface area contributed by atoms with Crippen molar-refractivity contribution in [3.05, 3.63) is 0 Å². The van der Waals surface area contributed by atoms with Gasteiger partial charge in [-0.1, -0.05) is 6.92 Å². The number of nitrogens with one attached hydrogen (secondary N) is 2. The van der Waals surface area contributed by atoms with E-state index in [1.54, 1.807) is 6.92 Å². The van der Waals surface area contributed by atoms with Crippen LogP contribution in [-0.2, 0) is 10.2 Å². The Kier molecular flexibility index (Phi) is 4.15. The molecule has 6 nitrogen and oxygen atoms in total. The Morgan fingerprint density at radius 1 is 1.67 bits per heavy atom. The third-order valence-corrected chi connectivity index (χ3v) is 2.73. The molecule has 0 saturated heterocycles. The van der Waals surface area contributed by atoms with Gasteiger partial charge < -0.3 is 5.73 Å². The third kappa shape index (κ3) is 3.65. The Bertz CT molecular complexity index is 248. The first kappa shape index (κ1) is 11.3. The van der Waals surface area contributed by atoms with Crippen LogP contribution in [0.15, 0.2) is 0 Å². The molecule has 0 heterocycles. The van der Waals surface area contributed by atoms with Crippen molar-refractivity contribution < 1.29 is 8.42 Å². The van der Waals surface area contributed by atoms with E-state index in [9.17, 15) is 8.42 Å². The first-order chi connectivity index (χ1) is 5.40. The van der Waals surface area contributed by atoms with Gasteiger partial charge in [-0.15, -0.1) is 0 Å². The van der Waals surface area contributed by atoms with E-state index < -0.39 is 10.2 Å². The Balaban J connectivity index is 4.26. The molecule has 0 amide bonds. The van der Waals surface area contributed by atoms with Gasteiger partial charge in [-0.25, -0.2) is 4.72 Å². The SMILES string of the molecule is CCNS(=O)(=O)N(C)CC(=N)N. The number of rotatable bonds is 5. The summed E-state index contributed by atoms with van der Waals surface area (Å²) in [6.45, 7) is 1.92. The first-order valence-electron chi connectivity index (χ1n) is 3.44. The van der Waals surface area contributed by atoms with Gasteiger partial charge in [0.15, 0.2) is 0 Å². The lowest BCUT2D eigenvalue weighted by atomic mass is 10.6. The molecule has 4 N–H and O–H groups in total. The van der Waals surface area contributed by atoms with Crippen LogP contribution < -0.4 is 10.5 Å². The number of hydrogen-bond donors (Lipinski definition) is 3. The van der Waals surface area contributed by atoms with Gasteiger partial charge in [0.1, 0.15) is 5.84 Å². The normalized spacial score (nSPS) is 11.9. The molecular formula is C5H14N4O2S. The van der Waals surface area contributed by atoms with Crippen LogP contribution in [0.4, 0.5) is 0 Å². The standard InChI is InChI=1S/C5H14N4O2S/c1-3-8-12(10,11)9(2)4-5(6)7/h8H,3-4H2,1-2H3,(H3,6,7). The molecule has 0 aliphatic heterocycles. The molecule has 0 spiro atoms. The zero-order valence-corrected chi connectivity index (χ0v) is 7.98. The summed E-state index contributed by atoms with van der Waals surface area (Å²) >= 11 is 0. The van der Waals surface area contributed by atoms with Crippen molar-refractivity contribution >= 4 is 16.0 Å². The number of nitrogens with zero attached hydrogens (tertiary/aromatic N) is 1. The van der Waals surface area contributed by atoms with Gasteiger partial charge in [-0.2, -0.15) is 12.7 Å². The molecule has 0 aliphatic rings. The average Bonchev–Trinajstić information content (AvgIpc) is 1.85. The second-order valence-corrected chi connectivity index (χ2v) is 4.15. The summed E-state index contributed by atoms with van der Waals surface area (Å²) < 4.78 is 25.5. The van der Waals surface area contributed by atoms with Crippen LogP contribution >= 0.6 is 0 Å². The largest absolute Gasteiger partial charge is 0.387 e. The summed E-state index contributed by atoms with van der Waals surface area (Å²) in [5, 5.41) is 6.88. The van der Waals surface area contributed by atoms with Gasteiger partial charge >= 0.3 is 0 Å². The van der Waals surface area contributed by atoms with Gasteiger partial charge in [0.25, 0.3) is 10.2 Å². The zero-order valence-electron chi connectivity index (χ0n) is 7.16. The number of likely N-dealkylation sites (N-methyl/N-ethyl adjacent to an activating group) is 1. The Labute approximate surface area is 72.4 Å². The van der Waals surface area contributed by atoms with Crippen LogP contribution in [0.3, 0.4) is 0 Å². The summed E-state index contributed by atoms with van der Waals surface area (Å²) in [6, 6.07) is 0. The van der Waals surface area contributed by atoms with Crippen LogP contribution in [0, 0.1) is 5.41 Å². The van der Waals surface area contributed by atoms with Crippen LogP contribution in [0.1, 0.15) is 6.92 Å². The predicted octanol–water partition coefficient (Wildman–Crippen LogP) is -1.29. The van der Waals surface area contributed by atoms with Crippen molar-refractivity contribution in [2.45, 2.75) is 6.92 Å². The fourth-order valence-electron chi connectivity index (χ4n) is 0.617. The van der Waals surface area contributed by atoms with Crippen molar-refractivity contribution in [2.75, 3.05) is 20.1 Å². The lowest BCUT2D eigenvalue weighted by Crippen LogP contribution is -2.42. The molecule has 0 saturated carbocycles. The van der Waals surface area contributed by atoms with E-state index in [4.69, 9.17) is 11.1 Å². The van der Waals surface area contributed by atoms with Crippen molar-refractivity contribution in [2.24, 2.45) is 5.73 Å². The van der Waals surface area contributed by atoms with Gasteiger partial charge in [0.2, 0.25) is 0 Å². The van der Waals surface area contributed by atoms with Gasteiger partial charge in [-0.3, -0.25) is 5.41 Å². The lowest BCUT2D eigenvalue weighted by molar-refractivity contribution is 0.492. The second kappa shape index (κ2) is 4.39. The van der Waals surface area contributed by atoms with Crippen LogP contribution in [0.5, 0.6) is 0 Å². The molecule has 0 aromatic carbocycles. The van der Waals surface area contributed by atoms with E-state index in [1.165, 1.54) is 7.05 Å². The summed E-state index contributed by atoms with van der Waals surface area (Å²) in [5.41, 5.74) is 5.04. The molecule has 0 bridgehead atoms. The highest BCUT2D eigenvalue weighted by atomic mass is 32.2. The highest BCUT2D eigenvalue weighted by Crippen LogP contribution is 1.91. The molecule has 0 unspecified atom stereocenters. The lowest BCUT2D eigenvalue weighted by Gasteiger charge is -2.15. The summed E-state index contributed by atoms with van der Waals surface area (Å²) in [4.78, 5) is 0. The smallest absolute Gasteiger partial charge is 0.279 e. The Hall–Kier alpha value is -0.660. The molecule has 0 aromatic heterocycles. The topological polar surface area (TPSA) is 99.3 Å². The zero-order chi connectivity index (χ0) is 9.78. The molecule has 7 heteroatoms. The summed E-state index contributed by atoms with van der Waals surface area (Å²) in [6.07, 6.45) is 0. The highest BCUT2D eigenvalue weighted by Gasteiger charge is 2.15. The van der Waals surface area contributed by atoms with E-state index >= 15 is 0 Å². The minimum Gasteiger partial charge on any atom is -0.387 e. The Morgan fingerprint density at radius 3 is 2.50 bits per heavy atom. The average molecular weight is 194 g/mol. The van der Waals surface area contributed by atoms with Crippen LogP contribution in [0.25, 0.3) is 0 Å². The molecule has 0 aliphatic carbocycles. The highest BCUT2D eigenvalue weighted by molar-refractivity contribution is 7.87. The van der Waals surface area contributed by atoms with Crippen LogP contribution in [-0.4, -0.2) is 38.7 Å². The molecule has 12 heavy (non-hydrogen) atoms. The molecular weight excluding hydrogens is 180 g/mol. The Morgan fingerprint density at radius 2 is 2.17 bits per heavy atom. The van der Waals surface area contributed by atoms with E-state index in [1.807, 2.05) is 0 Å². The maximum Gasteiger partial charge on any atom is 0.279 e. The number of nitrogens with two attached hydrogens (primary N) is 1. The van der Waals surface area contributed by atoms with Crippen molar-refractivity contribution in [3.63, 3.8) is 0 Å². The number of hydrogen-bond acceptors (Lipinski definition) is 3. The molecule has 0 aromatic rings. The second-order valence-electron chi connectivity index (χ2n) is 2.28.